The summed E-state index contributed by atoms with van der Waals surface area (Å²) in [6.45, 7) is 3.96. The predicted molar refractivity (Wildman–Crippen MR) is 68.4 cm³/mol. The number of anilines is 1. The first-order chi connectivity index (χ1) is 7.91. The second-order valence-corrected chi connectivity index (χ2v) is 6.64. The minimum absolute atomic E-state index is 0.0273. The van der Waals surface area contributed by atoms with E-state index in [1.807, 2.05) is 13.8 Å². The van der Waals surface area contributed by atoms with Crippen molar-refractivity contribution < 1.29 is 12.8 Å². The van der Waals surface area contributed by atoms with Crippen LogP contribution in [-0.4, -0.2) is 26.5 Å². The number of benzene rings is 1. The van der Waals surface area contributed by atoms with Gasteiger partial charge in [-0.2, -0.15) is 0 Å². The van der Waals surface area contributed by atoms with Crippen LogP contribution in [0.4, 0.5) is 10.1 Å². The Bertz CT molecular complexity index is 457. The lowest BCUT2D eigenvalue weighted by atomic mass is 10.3. The zero-order chi connectivity index (χ0) is 12.9. The van der Waals surface area contributed by atoms with Gasteiger partial charge in [-0.15, -0.1) is 0 Å². The van der Waals surface area contributed by atoms with Gasteiger partial charge in [-0.3, -0.25) is 0 Å². The quantitative estimate of drug-likeness (QED) is 0.852. The summed E-state index contributed by atoms with van der Waals surface area (Å²) < 4.78 is 36.4. The maximum Gasteiger partial charge on any atom is 0.152 e. The molecule has 5 heteroatoms. The minimum atomic E-state index is -3.05. The summed E-state index contributed by atoms with van der Waals surface area (Å²) in [7, 11) is -3.05. The summed E-state index contributed by atoms with van der Waals surface area (Å²) in [4.78, 5) is 0. The van der Waals surface area contributed by atoms with Crippen LogP contribution in [0.15, 0.2) is 24.3 Å². The van der Waals surface area contributed by atoms with Gasteiger partial charge in [0, 0.05) is 6.54 Å². The van der Waals surface area contributed by atoms with Crippen LogP contribution in [0.2, 0.25) is 0 Å². The molecule has 0 bridgehead atoms. The first-order valence-corrected chi connectivity index (χ1v) is 7.41. The normalized spacial score (nSPS) is 11.8. The lowest BCUT2D eigenvalue weighted by molar-refractivity contribution is 0.582. The van der Waals surface area contributed by atoms with E-state index in [2.05, 4.69) is 5.32 Å². The molecule has 1 rings (SSSR count). The Kier molecular flexibility index (Phi) is 4.93. The second-order valence-electron chi connectivity index (χ2n) is 4.41. The molecule has 0 heterocycles. The highest BCUT2D eigenvalue weighted by Crippen LogP contribution is 2.12. The zero-order valence-corrected chi connectivity index (χ0v) is 10.9. The molecule has 0 fully saturated rings. The van der Waals surface area contributed by atoms with Gasteiger partial charge in [-0.1, -0.05) is 26.0 Å². The van der Waals surface area contributed by atoms with Crippen LogP contribution in [0.3, 0.4) is 0 Å². The highest BCUT2D eigenvalue weighted by atomic mass is 32.2. The first kappa shape index (κ1) is 14.0. The fourth-order valence-electron chi connectivity index (χ4n) is 1.54. The molecule has 0 aliphatic heterocycles. The van der Waals surface area contributed by atoms with Crippen LogP contribution < -0.4 is 5.32 Å². The number of para-hydroxylation sites is 1. The van der Waals surface area contributed by atoms with Crippen molar-refractivity contribution in [1.82, 2.24) is 0 Å². The number of sulfone groups is 1. The number of hydrogen-bond donors (Lipinski definition) is 1. The van der Waals surface area contributed by atoms with Crippen molar-refractivity contribution in [3.05, 3.63) is 30.1 Å². The largest absolute Gasteiger partial charge is 0.382 e. The Hall–Kier alpha value is -1.10. The average Bonchev–Trinajstić information content (AvgIpc) is 2.18. The second kappa shape index (κ2) is 6.00. The van der Waals surface area contributed by atoms with Crippen LogP contribution in [0.25, 0.3) is 0 Å². The highest BCUT2D eigenvalue weighted by Gasteiger charge is 2.12. The summed E-state index contributed by atoms with van der Waals surface area (Å²) in [5.74, 6) is -0.0481. The van der Waals surface area contributed by atoms with E-state index in [-0.39, 0.29) is 29.8 Å². The minimum Gasteiger partial charge on any atom is -0.382 e. The topological polar surface area (TPSA) is 46.2 Å². The molecule has 0 amide bonds. The monoisotopic (exact) mass is 259 g/mol. The standard InChI is InChI=1S/C12H18FNO2S/c1-10(2)9-17(15,16)8-7-14-12-6-4-3-5-11(12)13/h3-6,10,14H,7-9H2,1-2H3. The Morgan fingerprint density at radius 2 is 1.94 bits per heavy atom. The molecule has 17 heavy (non-hydrogen) atoms. The zero-order valence-electron chi connectivity index (χ0n) is 10.1. The first-order valence-electron chi connectivity index (χ1n) is 5.59. The van der Waals surface area contributed by atoms with Crippen LogP contribution in [0.1, 0.15) is 13.8 Å². The van der Waals surface area contributed by atoms with Crippen molar-refractivity contribution in [2.45, 2.75) is 13.8 Å². The van der Waals surface area contributed by atoms with Gasteiger partial charge in [-0.25, -0.2) is 12.8 Å². The van der Waals surface area contributed by atoms with E-state index in [0.717, 1.165) is 0 Å². The average molecular weight is 259 g/mol. The molecule has 0 unspecified atom stereocenters. The van der Waals surface area contributed by atoms with Crippen molar-refractivity contribution in [3.8, 4) is 0 Å². The van der Waals surface area contributed by atoms with E-state index in [0.29, 0.717) is 5.69 Å². The summed E-state index contributed by atoms with van der Waals surface area (Å²) in [5.41, 5.74) is 0.340. The van der Waals surface area contributed by atoms with Gasteiger partial charge >= 0.3 is 0 Å². The van der Waals surface area contributed by atoms with Crippen LogP contribution >= 0.6 is 0 Å². The Balaban J connectivity index is 2.46. The van der Waals surface area contributed by atoms with Gasteiger partial charge in [0.05, 0.1) is 17.2 Å². The number of hydrogen-bond acceptors (Lipinski definition) is 3. The smallest absolute Gasteiger partial charge is 0.152 e. The van der Waals surface area contributed by atoms with Gasteiger partial charge in [0.15, 0.2) is 9.84 Å². The number of rotatable bonds is 6. The maximum atomic E-state index is 13.2. The summed E-state index contributed by atoms with van der Waals surface area (Å²) >= 11 is 0. The highest BCUT2D eigenvalue weighted by molar-refractivity contribution is 7.91. The number of halogens is 1. The molecule has 3 nitrogen and oxygen atoms in total. The van der Waals surface area contributed by atoms with Crippen molar-refractivity contribution in [2.75, 3.05) is 23.4 Å². The van der Waals surface area contributed by atoms with E-state index in [4.69, 9.17) is 0 Å². The van der Waals surface area contributed by atoms with Crippen LogP contribution in [-0.2, 0) is 9.84 Å². The van der Waals surface area contributed by atoms with E-state index in [1.165, 1.54) is 6.07 Å². The fourth-order valence-corrected chi connectivity index (χ4v) is 3.13. The lowest BCUT2D eigenvalue weighted by Crippen LogP contribution is -2.21. The van der Waals surface area contributed by atoms with Crippen molar-refractivity contribution >= 4 is 15.5 Å². The third-order valence-electron chi connectivity index (χ3n) is 2.19. The van der Waals surface area contributed by atoms with Crippen molar-refractivity contribution in [3.63, 3.8) is 0 Å². The molecule has 0 spiro atoms. The summed E-state index contributed by atoms with van der Waals surface area (Å²) in [6.07, 6.45) is 0. The summed E-state index contributed by atoms with van der Waals surface area (Å²) in [6, 6.07) is 6.22. The predicted octanol–water partition coefficient (Wildman–Crippen LogP) is 2.31. The molecule has 0 aromatic heterocycles. The molecule has 1 N–H and O–H groups in total. The molecular weight excluding hydrogens is 241 g/mol. The van der Waals surface area contributed by atoms with Crippen molar-refractivity contribution in [2.24, 2.45) is 5.92 Å². The molecule has 0 saturated heterocycles. The maximum absolute atomic E-state index is 13.2. The Labute approximate surface area is 102 Å². The van der Waals surface area contributed by atoms with Gasteiger partial charge in [-0.05, 0) is 18.1 Å². The van der Waals surface area contributed by atoms with E-state index >= 15 is 0 Å². The van der Waals surface area contributed by atoms with Crippen molar-refractivity contribution in [1.29, 1.82) is 0 Å². The molecule has 1 aromatic rings. The molecule has 0 aliphatic rings. The van der Waals surface area contributed by atoms with Gasteiger partial charge in [0.25, 0.3) is 0 Å². The van der Waals surface area contributed by atoms with Gasteiger partial charge in [0.1, 0.15) is 5.82 Å². The molecule has 0 radical (unpaired) electrons. The number of nitrogens with one attached hydrogen (secondary N) is 1. The Morgan fingerprint density at radius 3 is 2.53 bits per heavy atom. The van der Waals surface area contributed by atoms with Gasteiger partial charge < -0.3 is 5.32 Å². The summed E-state index contributed by atoms with van der Waals surface area (Å²) in [5, 5.41) is 2.79. The van der Waals surface area contributed by atoms with Gasteiger partial charge in [0.2, 0.25) is 0 Å². The Morgan fingerprint density at radius 1 is 1.29 bits per heavy atom. The lowest BCUT2D eigenvalue weighted by Gasteiger charge is -2.09. The van der Waals surface area contributed by atoms with E-state index < -0.39 is 9.84 Å². The molecular formula is C12H18FNO2S. The van der Waals surface area contributed by atoms with E-state index in [1.54, 1.807) is 18.2 Å². The SMILES string of the molecule is CC(C)CS(=O)(=O)CCNc1ccccc1F. The fraction of sp³-hybridized carbons (Fsp3) is 0.500. The van der Waals surface area contributed by atoms with Crippen LogP contribution in [0.5, 0.6) is 0 Å². The molecule has 1 aromatic carbocycles. The van der Waals surface area contributed by atoms with E-state index in [9.17, 15) is 12.8 Å². The third-order valence-corrected chi connectivity index (χ3v) is 4.19. The molecule has 0 atom stereocenters. The third kappa shape index (κ3) is 5.17. The van der Waals surface area contributed by atoms with Crippen LogP contribution in [0, 0.1) is 11.7 Å². The molecule has 96 valence electrons. The molecule has 0 saturated carbocycles. The molecule has 0 aliphatic carbocycles.